The number of para-hydroxylation sites is 2. The molecule has 0 amide bonds. The average Bonchev–Trinajstić information content (AvgIpc) is 3.21. The molecule has 1 saturated heterocycles. The van der Waals surface area contributed by atoms with Crippen LogP contribution in [0, 0.1) is 0 Å². The van der Waals surface area contributed by atoms with E-state index in [1.807, 2.05) is 24.3 Å². The molecule has 1 aromatic rings. The van der Waals surface area contributed by atoms with Crippen LogP contribution in [0.2, 0.25) is 0 Å². The second-order valence-corrected chi connectivity index (χ2v) is 5.60. The number of nitrogens with one attached hydrogen (secondary N) is 1. The predicted octanol–water partition coefficient (Wildman–Crippen LogP) is 2.37. The summed E-state index contributed by atoms with van der Waals surface area (Å²) in [5, 5.41) is 3.53. The zero-order valence-corrected chi connectivity index (χ0v) is 12.0. The van der Waals surface area contributed by atoms with Gasteiger partial charge in [0.1, 0.15) is 6.61 Å². The van der Waals surface area contributed by atoms with Crippen LogP contribution < -0.4 is 14.8 Å². The molecule has 4 heteroatoms. The van der Waals surface area contributed by atoms with Crippen molar-refractivity contribution in [3.63, 3.8) is 0 Å². The first-order valence-corrected chi connectivity index (χ1v) is 7.50. The number of hydrogen-bond donors (Lipinski definition) is 1. The van der Waals surface area contributed by atoms with Crippen molar-refractivity contribution in [2.75, 3.05) is 20.3 Å². The van der Waals surface area contributed by atoms with Gasteiger partial charge < -0.3 is 19.5 Å². The molecule has 2 atom stereocenters. The molecule has 0 bridgehead atoms. The maximum Gasteiger partial charge on any atom is 0.161 e. The highest BCUT2D eigenvalue weighted by Crippen LogP contribution is 2.28. The van der Waals surface area contributed by atoms with E-state index in [4.69, 9.17) is 14.2 Å². The number of rotatable bonds is 7. The summed E-state index contributed by atoms with van der Waals surface area (Å²) in [6, 6.07) is 8.49. The van der Waals surface area contributed by atoms with Crippen molar-refractivity contribution in [3.8, 4) is 11.5 Å². The molecule has 3 rings (SSSR count). The van der Waals surface area contributed by atoms with Gasteiger partial charge in [-0.15, -0.1) is 0 Å². The van der Waals surface area contributed by atoms with E-state index in [0.29, 0.717) is 12.7 Å². The average molecular weight is 277 g/mol. The summed E-state index contributed by atoms with van der Waals surface area (Å²) < 4.78 is 17.1. The SMILES string of the molecule is COc1ccccc1OCC1CCC(CNC2CC2)O1. The highest BCUT2D eigenvalue weighted by atomic mass is 16.6. The van der Waals surface area contributed by atoms with Gasteiger partial charge in [0, 0.05) is 12.6 Å². The van der Waals surface area contributed by atoms with Gasteiger partial charge in [-0.05, 0) is 37.8 Å². The fraction of sp³-hybridized carbons (Fsp3) is 0.625. The van der Waals surface area contributed by atoms with Gasteiger partial charge in [0.05, 0.1) is 19.3 Å². The van der Waals surface area contributed by atoms with Crippen LogP contribution in [-0.4, -0.2) is 38.5 Å². The van der Waals surface area contributed by atoms with E-state index >= 15 is 0 Å². The van der Waals surface area contributed by atoms with E-state index in [1.165, 1.54) is 12.8 Å². The molecule has 1 saturated carbocycles. The number of methoxy groups -OCH3 is 1. The van der Waals surface area contributed by atoms with Crippen LogP contribution in [0.4, 0.5) is 0 Å². The van der Waals surface area contributed by atoms with E-state index in [1.54, 1.807) is 7.11 Å². The van der Waals surface area contributed by atoms with Crippen LogP contribution >= 0.6 is 0 Å². The summed E-state index contributed by atoms with van der Waals surface area (Å²) in [6.07, 6.45) is 5.40. The minimum atomic E-state index is 0.200. The second-order valence-electron chi connectivity index (χ2n) is 5.60. The summed E-state index contributed by atoms with van der Waals surface area (Å²) in [5.41, 5.74) is 0. The van der Waals surface area contributed by atoms with Gasteiger partial charge in [0.2, 0.25) is 0 Å². The van der Waals surface area contributed by atoms with Crippen LogP contribution in [0.5, 0.6) is 11.5 Å². The molecular weight excluding hydrogens is 254 g/mol. The van der Waals surface area contributed by atoms with E-state index in [9.17, 15) is 0 Å². The molecule has 4 nitrogen and oxygen atoms in total. The van der Waals surface area contributed by atoms with Gasteiger partial charge in [-0.25, -0.2) is 0 Å². The Bertz CT molecular complexity index is 433. The molecule has 110 valence electrons. The van der Waals surface area contributed by atoms with E-state index in [0.717, 1.165) is 36.9 Å². The summed E-state index contributed by atoms with van der Waals surface area (Å²) >= 11 is 0. The van der Waals surface area contributed by atoms with Crippen molar-refractivity contribution in [2.45, 2.75) is 43.9 Å². The molecule has 0 aromatic heterocycles. The fourth-order valence-corrected chi connectivity index (χ4v) is 2.56. The molecule has 0 spiro atoms. The Morgan fingerprint density at radius 1 is 1.10 bits per heavy atom. The highest BCUT2D eigenvalue weighted by Gasteiger charge is 2.28. The zero-order valence-electron chi connectivity index (χ0n) is 12.0. The maximum atomic E-state index is 6.01. The molecule has 1 heterocycles. The number of ether oxygens (including phenoxy) is 3. The van der Waals surface area contributed by atoms with Crippen LogP contribution in [-0.2, 0) is 4.74 Å². The summed E-state index contributed by atoms with van der Waals surface area (Å²) in [7, 11) is 1.66. The van der Waals surface area contributed by atoms with Gasteiger partial charge in [-0.2, -0.15) is 0 Å². The first-order valence-electron chi connectivity index (χ1n) is 7.50. The van der Waals surface area contributed by atoms with Gasteiger partial charge in [-0.1, -0.05) is 12.1 Å². The van der Waals surface area contributed by atoms with Crippen molar-refractivity contribution >= 4 is 0 Å². The van der Waals surface area contributed by atoms with Gasteiger partial charge >= 0.3 is 0 Å². The largest absolute Gasteiger partial charge is 0.493 e. The lowest BCUT2D eigenvalue weighted by Gasteiger charge is -2.16. The standard InChI is InChI=1S/C16H23NO3/c1-18-15-4-2-3-5-16(15)19-11-14-9-8-13(20-14)10-17-12-6-7-12/h2-5,12-14,17H,6-11H2,1H3. The molecule has 20 heavy (non-hydrogen) atoms. The van der Waals surface area contributed by atoms with Crippen molar-refractivity contribution in [2.24, 2.45) is 0 Å². The molecule has 0 radical (unpaired) electrons. The second kappa shape index (κ2) is 6.46. The maximum absolute atomic E-state index is 6.01. The Hall–Kier alpha value is -1.26. The van der Waals surface area contributed by atoms with Crippen molar-refractivity contribution in [1.82, 2.24) is 5.32 Å². The highest BCUT2D eigenvalue weighted by molar-refractivity contribution is 5.39. The molecular formula is C16H23NO3. The molecule has 1 aliphatic heterocycles. The van der Waals surface area contributed by atoms with E-state index in [2.05, 4.69) is 5.32 Å². The van der Waals surface area contributed by atoms with Crippen LogP contribution in [0.25, 0.3) is 0 Å². The predicted molar refractivity (Wildman–Crippen MR) is 77.4 cm³/mol. The topological polar surface area (TPSA) is 39.7 Å². The van der Waals surface area contributed by atoms with Crippen molar-refractivity contribution < 1.29 is 14.2 Å². The van der Waals surface area contributed by atoms with Crippen molar-refractivity contribution in [1.29, 1.82) is 0 Å². The van der Waals surface area contributed by atoms with Gasteiger partial charge in [0.15, 0.2) is 11.5 Å². The monoisotopic (exact) mass is 277 g/mol. The first-order chi connectivity index (χ1) is 9.85. The lowest BCUT2D eigenvalue weighted by Crippen LogP contribution is -2.29. The van der Waals surface area contributed by atoms with Gasteiger partial charge in [-0.3, -0.25) is 0 Å². The normalized spacial score (nSPS) is 25.6. The fourth-order valence-electron chi connectivity index (χ4n) is 2.56. The van der Waals surface area contributed by atoms with Crippen LogP contribution in [0.15, 0.2) is 24.3 Å². The third kappa shape index (κ3) is 3.64. The summed E-state index contributed by atoms with van der Waals surface area (Å²) in [6.45, 7) is 1.58. The molecule has 1 N–H and O–H groups in total. The Morgan fingerprint density at radius 3 is 2.60 bits per heavy atom. The molecule has 1 aromatic carbocycles. The van der Waals surface area contributed by atoms with E-state index < -0.39 is 0 Å². The Labute approximate surface area is 120 Å². The first kappa shape index (κ1) is 13.7. The smallest absolute Gasteiger partial charge is 0.161 e. The molecule has 2 aliphatic rings. The summed E-state index contributed by atoms with van der Waals surface area (Å²) in [4.78, 5) is 0. The molecule has 2 unspecified atom stereocenters. The van der Waals surface area contributed by atoms with Gasteiger partial charge in [0.25, 0.3) is 0 Å². The number of hydrogen-bond acceptors (Lipinski definition) is 4. The van der Waals surface area contributed by atoms with Crippen LogP contribution in [0.3, 0.4) is 0 Å². The van der Waals surface area contributed by atoms with E-state index in [-0.39, 0.29) is 6.10 Å². The minimum absolute atomic E-state index is 0.200. The molecule has 2 fully saturated rings. The minimum Gasteiger partial charge on any atom is -0.493 e. The third-order valence-corrected chi connectivity index (χ3v) is 3.90. The quantitative estimate of drug-likeness (QED) is 0.830. The summed E-state index contributed by atoms with van der Waals surface area (Å²) in [5.74, 6) is 1.57. The lowest BCUT2D eigenvalue weighted by molar-refractivity contribution is 0.0179. The Balaban J connectivity index is 1.42. The van der Waals surface area contributed by atoms with Crippen molar-refractivity contribution in [3.05, 3.63) is 24.3 Å². The third-order valence-electron chi connectivity index (χ3n) is 3.90. The number of benzene rings is 1. The molecule has 1 aliphatic carbocycles. The van der Waals surface area contributed by atoms with Crippen LogP contribution in [0.1, 0.15) is 25.7 Å². The Kier molecular flexibility index (Phi) is 4.43. The zero-order chi connectivity index (χ0) is 13.8. The lowest BCUT2D eigenvalue weighted by atomic mass is 10.2. The Morgan fingerprint density at radius 2 is 1.85 bits per heavy atom.